The van der Waals surface area contributed by atoms with E-state index in [4.69, 9.17) is 0 Å². The second kappa shape index (κ2) is 5.85. The molecule has 0 aliphatic rings. The first-order chi connectivity index (χ1) is 8.34. The minimum absolute atomic E-state index is 0.197. The molecule has 1 rings (SSSR count). The van der Waals surface area contributed by atoms with Gasteiger partial charge in [0.05, 0.1) is 0 Å². The molecule has 1 aromatic rings. The van der Waals surface area contributed by atoms with Gasteiger partial charge in [-0.1, -0.05) is 45.0 Å². The van der Waals surface area contributed by atoms with Gasteiger partial charge in [0.2, 0.25) is 0 Å². The molecule has 0 atom stereocenters. The largest absolute Gasteiger partial charge is 0.383 e. The zero-order valence-electron chi connectivity index (χ0n) is 12.4. The van der Waals surface area contributed by atoms with E-state index in [0.29, 0.717) is 0 Å². The van der Waals surface area contributed by atoms with E-state index in [1.807, 2.05) is 25.2 Å². The Morgan fingerprint density at radius 1 is 1.11 bits per heavy atom. The number of benzene rings is 1. The maximum absolute atomic E-state index is 4.12. The lowest BCUT2D eigenvalue weighted by molar-refractivity contribution is 0.566. The molecule has 2 heteroatoms. The summed E-state index contributed by atoms with van der Waals surface area (Å²) < 4.78 is 0. The van der Waals surface area contributed by atoms with Crippen molar-refractivity contribution in [3.63, 3.8) is 0 Å². The predicted molar refractivity (Wildman–Crippen MR) is 81.2 cm³/mol. The van der Waals surface area contributed by atoms with Gasteiger partial charge in [-0.15, -0.1) is 0 Å². The second-order valence-electron chi connectivity index (χ2n) is 5.76. The van der Waals surface area contributed by atoms with E-state index < -0.39 is 0 Å². The summed E-state index contributed by atoms with van der Waals surface area (Å²) in [6.45, 7) is 6.68. The predicted octanol–water partition coefficient (Wildman–Crippen LogP) is 3.59. The third kappa shape index (κ3) is 4.02. The molecule has 0 unspecified atom stereocenters. The monoisotopic (exact) mass is 244 g/mol. The molecule has 2 nitrogen and oxygen atoms in total. The molecule has 0 fully saturated rings. The Hall–Kier alpha value is -1.57. The maximum Gasteiger partial charge on any atom is 0.0301 e. The highest BCUT2D eigenvalue weighted by molar-refractivity contribution is 6.09. The van der Waals surface area contributed by atoms with Crippen molar-refractivity contribution in [2.45, 2.75) is 26.2 Å². The fourth-order valence-electron chi connectivity index (χ4n) is 1.76. The average molecular weight is 244 g/mol. The van der Waals surface area contributed by atoms with Crippen LogP contribution in [-0.4, -0.2) is 32.3 Å². The molecule has 0 spiro atoms. The molecule has 0 radical (unpaired) electrons. The molecule has 18 heavy (non-hydrogen) atoms. The summed E-state index contributed by atoms with van der Waals surface area (Å²) in [5.74, 6) is 0. The molecule has 0 aliphatic heterocycles. The van der Waals surface area contributed by atoms with Gasteiger partial charge < -0.3 is 4.90 Å². The standard InChI is InChI=1S/C16H24N2/c1-16(2,3)15-9-7-13(8-10-15)14(11-17-4)12-18(5)6/h7-12H,1-6H3/b14-12+,17-11?. The molecule has 0 saturated heterocycles. The van der Waals surface area contributed by atoms with Gasteiger partial charge in [0.15, 0.2) is 0 Å². The Balaban J connectivity index is 3.09. The molecular formula is C16H24N2. The van der Waals surface area contributed by atoms with Gasteiger partial charge in [0.25, 0.3) is 0 Å². The number of nitrogens with zero attached hydrogens (tertiary/aromatic N) is 2. The minimum atomic E-state index is 0.197. The van der Waals surface area contributed by atoms with E-state index in [2.05, 4.69) is 56.2 Å². The van der Waals surface area contributed by atoms with Crippen LogP contribution in [0, 0.1) is 0 Å². The third-order valence-corrected chi connectivity index (χ3v) is 2.75. The van der Waals surface area contributed by atoms with Crippen LogP contribution in [-0.2, 0) is 5.41 Å². The first-order valence-corrected chi connectivity index (χ1v) is 6.26. The van der Waals surface area contributed by atoms with Gasteiger partial charge >= 0.3 is 0 Å². The Bertz CT molecular complexity index is 431. The number of aliphatic imine (C=N–C) groups is 1. The normalized spacial score (nSPS) is 13.1. The van der Waals surface area contributed by atoms with Crippen LogP contribution in [0.1, 0.15) is 31.9 Å². The Kier molecular flexibility index (Phi) is 4.71. The van der Waals surface area contributed by atoms with Crippen LogP contribution in [0.25, 0.3) is 5.57 Å². The van der Waals surface area contributed by atoms with Crippen LogP contribution in [0.15, 0.2) is 35.5 Å². The molecular weight excluding hydrogens is 220 g/mol. The van der Waals surface area contributed by atoms with Crippen molar-refractivity contribution in [1.82, 2.24) is 4.90 Å². The Morgan fingerprint density at radius 3 is 2.06 bits per heavy atom. The third-order valence-electron chi connectivity index (χ3n) is 2.75. The zero-order valence-corrected chi connectivity index (χ0v) is 12.4. The molecule has 1 aromatic carbocycles. The first-order valence-electron chi connectivity index (χ1n) is 6.26. The molecule has 0 heterocycles. The van der Waals surface area contributed by atoms with Gasteiger partial charge in [-0.3, -0.25) is 4.99 Å². The lowest BCUT2D eigenvalue weighted by atomic mass is 9.86. The van der Waals surface area contributed by atoms with E-state index in [-0.39, 0.29) is 5.41 Å². The van der Waals surface area contributed by atoms with Crippen LogP contribution in [0.2, 0.25) is 0 Å². The van der Waals surface area contributed by atoms with Gasteiger partial charge in [0.1, 0.15) is 0 Å². The van der Waals surface area contributed by atoms with Crippen molar-refractivity contribution in [3.05, 3.63) is 41.6 Å². The SMILES string of the molecule is CN=C/C(=C\N(C)C)c1ccc(C(C)(C)C)cc1. The number of hydrogen-bond donors (Lipinski definition) is 0. The van der Waals surface area contributed by atoms with Crippen LogP contribution in [0.4, 0.5) is 0 Å². The maximum atomic E-state index is 4.12. The van der Waals surface area contributed by atoms with E-state index in [0.717, 1.165) is 5.57 Å². The molecule has 0 amide bonds. The molecule has 0 saturated carbocycles. The fourth-order valence-corrected chi connectivity index (χ4v) is 1.76. The summed E-state index contributed by atoms with van der Waals surface area (Å²) in [6.07, 6.45) is 3.98. The van der Waals surface area contributed by atoms with Crippen molar-refractivity contribution in [2.24, 2.45) is 4.99 Å². The summed E-state index contributed by atoms with van der Waals surface area (Å²) in [5.41, 5.74) is 3.87. The topological polar surface area (TPSA) is 15.6 Å². The Morgan fingerprint density at radius 2 is 1.67 bits per heavy atom. The molecule has 0 bridgehead atoms. The number of allylic oxidation sites excluding steroid dienone is 1. The summed E-state index contributed by atoms with van der Waals surface area (Å²) in [6, 6.07) is 8.72. The van der Waals surface area contributed by atoms with Crippen molar-refractivity contribution in [1.29, 1.82) is 0 Å². The van der Waals surface area contributed by atoms with E-state index in [1.54, 1.807) is 7.05 Å². The van der Waals surface area contributed by atoms with E-state index in [1.165, 1.54) is 11.1 Å². The number of rotatable bonds is 3. The van der Waals surface area contributed by atoms with Crippen LogP contribution < -0.4 is 0 Å². The number of hydrogen-bond acceptors (Lipinski definition) is 2. The first kappa shape index (κ1) is 14.5. The molecule has 0 aromatic heterocycles. The summed E-state index contributed by atoms with van der Waals surface area (Å²) in [7, 11) is 5.84. The van der Waals surface area contributed by atoms with Gasteiger partial charge in [-0.05, 0) is 16.5 Å². The van der Waals surface area contributed by atoms with E-state index >= 15 is 0 Å². The summed E-state index contributed by atoms with van der Waals surface area (Å²) >= 11 is 0. The molecule has 98 valence electrons. The van der Waals surface area contributed by atoms with E-state index in [9.17, 15) is 0 Å². The van der Waals surface area contributed by atoms with Crippen molar-refractivity contribution in [2.75, 3.05) is 21.1 Å². The van der Waals surface area contributed by atoms with Crippen LogP contribution in [0.5, 0.6) is 0 Å². The highest BCUT2D eigenvalue weighted by atomic mass is 15.0. The zero-order chi connectivity index (χ0) is 13.8. The highest BCUT2D eigenvalue weighted by Crippen LogP contribution is 2.24. The fraction of sp³-hybridized carbons (Fsp3) is 0.438. The molecule has 0 aliphatic carbocycles. The highest BCUT2D eigenvalue weighted by Gasteiger charge is 2.13. The van der Waals surface area contributed by atoms with Crippen molar-refractivity contribution in [3.8, 4) is 0 Å². The smallest absolute Gasteiger partial charge is 0.0301 e. The van der Waals surface area contributed by atoms with Crippen LogP contribution in [0.3, 0.4) is 0 Å². The lowest BCUT2D eigenvalue weighted by Gasteiger charge is -2.19. The van der Waals surface area contributed by atoms with Gasteiger partial charge in [-0.25, -0.2) is 0 Å². The lowest BCUT2D eigenvalue weighted by Crippen LogP contribution is -2.10. The van der Waals surface area contributed by atoms with Gasteiger partial charge in [0, 0.05) is 39.1 Å². The molecule has 0 N–H and O–H groups in total. The van der Waals surface area contributed by atoms with Gasteiger partial charge in [-0.2, -0.15) is 0 Å². The van der Waals surface area contributed by atoms with Crippen molar-refractivity contribution < 1.29 is 0 Å². The Labute approximate surface area is 111 Å². The van der Waals surface area contributed by atoms with Crippen molar-refractivity contribution >= 4 is 11.8 Å². The quantitative estimate of drug-likeness (QED) is 0.742. The minimum Gasteiger partial charge on any atom is -0.383 e. The van der Waals surface area contributed by atoms with Crippen LogP contribution >= 0.6 is 0 Å². The summed E-state index contributed by atoms with van der Waals surface area (Å²) in [4.78, 5) is 6.15. The second-order valence-corrected chi connectivity index (χ2v) is 5.76. The summed E-state index contributed by atoms with van der Waals surface area (Å²) in [5, 5.41) is 0. The average Bonchev–Trinajstić information content (AvgIpc) is 2.27.